The van der Waals surface area contributed by atoms with Gasteiger partial charge in [-0.15, -0.1) is 0 Å². The molecule has 1 aromatic rings. The molecule has 88 valence electrons. The molecule has 1 aliphatic rings. The second-order valence-corrected chi connectivity index (χ2v) is 4.16. The Balaban J connectivity index is 2.01. The van der Waals surface area contributed by atoms with Gasteiger partial charge in [0.1, 0.15) is 0 Å². The Morgan fingerprint density at radius 3 is 2.69 bits per heavy atom. The van der Waals surface area contributed by atoms with E-state index in [0.29, 0.717) is 0 Å². The monoisotopic (exact) mass is 220 g/mol. The minimum atomic E-state index is 0.719. The van der Waals surface area contributed by atoms with Gasteiger partial charge in [0.25, 0.3) is 0 Å². The highest BCUT2D eigenvalue weighted by Crippen LogP contribution is 2.16. The Hall–Kier alpha value is -1.06. The lowest BCUT2D eigenvalue weighted by atomic mass is 10.1. The van der Waals surface area contributed by atoms with E-state index in [0.717, 1.165) is 45.7 Å². The molecule has 3 nitrogen and oxygen atoms in total. The fraction of sp³-hybridized carbons (Fsp3) is 0.538. The Morgan fingerprint density at radius 1 is 1.12 bits per heavy atom. The molecule has 0 aromatic heterocycles. The minimum Gasteiger partial charge on any atom is -0.380 e. The van der Waals surface area contributed by atoms with Crippen LogP contribution in [0.5, 0.6) is 0 Å². The molecule has 0 amide bonds. The highest BCUT2D eigenvalue weighted by atomic mass is 16.5. The van der Waals surface area contributed by atoms with Crippen molar-refractivity contribution in [1.29, 1.82) is 0 Å². The largest absolute Gasteiger partial charge is 0.380 e. The summed E-state index contributed by atoms with van der Waals surface area (Å²) in [6.07, 6.45) is 2.08. The van der Waals surface area contributed by atoms with E-state index in [9.17, 15) is 0 Å². The van der Waals surface area contributed by atoms with Crippen LogP contribution in [0.1, 0.15) is 12.0 Å². The number of hydrogen-bond acceptors (Lipinski definition) is 3. The molecular formula is C13H20N2O. The van der Waals surface area contributed by atoms with E-state index < -0.39 is 0 Å². The summed E-state index contributed by atoms with van der Waals surface area (Å²) < 4.78 is 5.45. The first-order chi connectivity index (χ1) is 7.90. The molecule has 1 heterocycles. The summed E-state index contributed by atoms with van der Waals surface area (Å²) in [5.74, 6) is 0. The number of ether oxygens (including phenoxy) is 1. The number of rotatable bonds is 3. The summed E-state index contributed by atoms with van der Waals surface area (Å²) in [5.41, 5.74) is 8.15. The normalized spacial score (nSPS) is 17.2. The Morgan fingerprint density at radius 2 is 1.94 bits per heavy atom. The topological polar surface area (TPSA) is 38.5 Å². The average Bonchev–Trinajstić information content (AvgIpc) is 2.59. The van der Waals surface area contributed by atoms with Crippen molar-refractivity contribution in [1.82, 2.24) is 0 Å². The van der Waals surface area contributed by atoms with Crippen LogP contribution in [0.15, 0.2) is 24.3 Å². The highest BCUT2D eigenvalue weighted by molar-refractivity contribution is 5.47. The first-order valence-corrected chi connectivity index (χ1v) is 6.02. The highest BCUT2D eigenvalue weighted by Gasteiger charge is 2.09. The summed E-state index contributed by atoms with van der Waals surface area (Å²) in [5, 5.41) is 0. The van der Waals surface area contributed by atoms with Crippen LogP contribution >= 0.6 is 0 Å². The Bertz CT molecular complexity index is 302. The Kier molecular flexibility index (Phi) is 4.19. The first kappa shape index (κ1) is 11.4. The summed E-state index contributed by atoms with van der Waals surface area (Å²) in [6, 6.07) is 8.73. The van der Waals surface area contributed by atoms with Crippen LogP contribution in [0, 0.1) is 0 Å². The van der Waals surface area contributed by atoms with Crippen molar-refractivity contribution in [3.05, 3.63) is 29.8 Å². The molecule has 0 unspecified atom stereocenters. The van der Waals surface area contributed by atoms with E-state index >= 15 is 0 Å². The molecule has 0 bridgehead atoms. The molecule has 0 spiro atoms. The first-order valence-electron chi connectivity index (χ1n) is 6.02. The second kappa shape index (κ2) is 5.87. The van der Waals surface area contributed by atoms with Crippen LogP contribution in [-0.2, 0) is 11.2 Å². The van der Waals surface area contributed by atoms with Gasteiger partial charge in [-0.25, -0.2) is 0 Å². The van der Waals surface area contributed by atoms with Gasteiger partial charge in [0, 0.05) is 25.4 Å². The maximum atomic E-state index is 5.54. The predicted octanol–water partition coefficient (Wildman–Crippen LogP) is 1.41. The fourth-order valence-corrected chi connectivity index (χ4v) is 2.04. The van der Waals surface area contributed by atoms with Gasteiger partial charge in [0.05, 0.1) is 6.61 Å². The predicted molar refractivity (Wildman–Crippen MR) is 66.8 cm³/mol. The zero-order valence-electron chi connectivity index (χ0n) is 9.69. The van der Waals surface area contributed by atoms with E-state index in [1.54, 1.807) is 0 Å². The van der Waals surface area contributed by atoms with Crippen molar-refractivity contribution >= 4 is 5.69 Å². The van der Waals surface area contributed by atoms with E-state index in [2.05, 4.69) is 29.2 Å². The molecule has 3 heteroatoms. The molecule has 1 saturated heterocycles. The molecule has 2 rings (SSSR count). The van der Waals surface area contributed by atoms with E-state index in [1.807, 2.05) is 0 Å². The minimum absolute atomic E-state index is 0.719. The van der Waals surface area contributed by atoms with Crippen LogP contribution < -0.4 is 10.6 Å². The van der Waals surface area contributed by atoms with Crippen LogP contribution in [-0.4, -0.2) is 32.8 Å². The molecule has 1 fully saturated rings. The van der Waals surface area contributed by atoms with Crippen LogP contribution in [0.3, 0.4) is 0 Å². The lowest BCUT2D eigenvalue weighted by Crippen LogP contribution is -2.25. The summed E-state index contributed by atoms with van der Waals surface area (Å²) in [4.78, 5) is 2.39. The van der Waals surface area contributed by atoms with Gasteiger partial charge in [0.2, 0.25) is 0 Å². The molecule has 1 aromatic carbocycles. The maximum absolute atomic E-state index is 5.54. The van der Waals surface area contributed by atoms with E-state index in [4.69, 9.17) is 10.5 Å². The maximum Gasteiger partial charge on any atom is 0.0641 e. The molecule has 1 aliphatic heterocycles. The number of nitrogens with two attached hydrogens (primary N) is 1. The third kappa shape index (κ3) is 2.97. The average molecular weight is 220 g/mol. The fourth-order valence-electron chi connectivity index (χ4n) is 2.04. The van der Waals surface area contributed by atoms with Gasteiger partial charge in [-0.3, -0.25) is 0 Å². The zero-order chi connectivity index (χ0) is 11.2. The smallest absolute Gasteiger partial charge is 0.0641 e. The van der Waals surface area contributed by atoms with Crippen molar-refractivity contribution in [2.24, 2.45) is 5.73 Å². The molecule has 2 N–H and O–H groups in total. The number of benzene rings is 1. The summed E-state index contributed by atoms with van der Waals surface area (Å²) in [7, 11) is 0. The van der Waals surface area contributed by atoms with Gasteiger partial charge in [0.15, 0.2) is 0 Å². The standard InChI is InChI=1S/C13H20N2O/c14-7-6-12-2-4-13(5-3-12)15-8-1-10-16-11-9-15/h2-5H,1,6-11,14H2. The Labute approximate surface area is 97.2 Å². The molecule has 0 aliphatic carbocycles. The lowest BCUT2D eigenvalue weighted by Gasteiger charge is -2.22. The van der Waals surface area contributed by atoms with Gasteiger partial charge >= 0.3 is 0 Å². The van der Waals surface area contributed by atoms with Crippen LogP contribution in [0.4, 0.5) is 5.69 Å². The van der Waals surface area contributed by atoms with E-state index in [-0.39, 0.29) is 0 Å². The van der Waals surface area contributed by atoms with Crippen molar-refractivity contribution in [3.63, 3.8) is 0 Å². The van der Waals surface area contributed by atoms with Crippen molar-refractivity contribution in [2.45, 2.75) is 12.8 Å². The van der Waals surface area contributed by atoms with Gasteiger partial charge < -0.3 is 15.4 Å². The third-order valence-electron chi connectivity index (χ3n) is 2.96. The summed E-state index contributed by atoms with van der Waals surface area (Å²) in [6.45, 7) is 4.54. The lowest BCUT2D eigenvalue weighted by molar-refractivity contribution is 0.152. The molecule has 0 atom stereocenters. The summed E-state index contributed by atoms with van der Waals surface area (Å²) >= 11 is 0. The van der Waals surface area contributed by atoms with Crippen LogP contribution in [0.25, 0.3) is 0 Å². The van der Waals surface area contributed by atoms with Crippen molar-refractivity contribution in [3.8, 4) is 0 Å². The third-order valence-corrected chi connectivity index (χ3v) is 2.96. The quantitative estimate of drug-likeness (QED) is 0.837. The van der Waals surface area contributed by atoms with Gasteiger partial charge in [-0.1, -0.05) is 12.1 Å². The van der Waals surface area contributed by atoms with Crippen LogP contribution in [0.2, 0.25) is 0 Å². The van der Waals surface area contributed by atoms with Gasteiger partial charge in [-0.05, 0) is 37.1 Å². The molecule has 16 heavy (non-hydrogen) atoms. The number of hydrogen-bond donors (Lipinski definition) is 1. The molecule has 0 radical (unpaired) electrons. The van der Waals surface area contributed by atoms with Crippen molar-refractivity contribution < 1.29 is 4.74 Å². The molecular weight excluding hydrogens is 200 g/mol. The number of nitrogens with zero attached hydrogens (tertiary/aromatic N) is 1. The molecule has 0 saturated carbocycles. The SMILES string of the molecule is NCCc1ccc(N2CCCOCC2)cc1. The van der Waals surface area contributed by atoms with Crippen molar-refractivity contribution in [2.75, 3.05) is 37.7 Å². The second-order valence-electron chi connectivity index (χ2n) is 4.16. The zero-order valence-corrected chi connectivity index (χ0v) is 9.69. The van der Waals surface area contributed by atoms with E-state index in [1.165, 1.54) is 11.3 Å². The van der Waals surface area contributed by atoms with Gasteiger partial charge in [-0.2, -0.15) is 0 Å². The number of anilines is 1.